The number of likely N-dealkylation sites (tertiary alicyclic amines) is 2. The smallest absolute Gasteiger partial charge is 0.227 e. The van der Waals surface area contributed by atoms with Crippen LogP contribution in [0.5, 0.6) is 5.75 Å². The Bertz CT molecular complexity index is 511. The van der Waals surface area contributed by atoms with Gasteiger partial charge in [0.2, 0.25) is 5.91 Å². The molecule has 0 radical (unpaired) electrons. The molecule has 2 fully saturated rings. The highest BCUT2D eigenvalue weighted by molar-refractivity contribution is 5.81. The van der Waals surface area contributed by atoms with E-state index < -0.39 is 0 Å². The summed E-state index contributed by atoms with van der Waals surface area (Å²) in [4.78, 5) is 16.8. The topological polar surface area (TPSA) is 32.8 Å². The van der Waals surface area contributed by atoms with Gasteiger partial charge in [-0.2, -0.15) is 0 Å². The molecule has 114 valence electrons. The molecule has 2 aliphatic rings. The van der Waals surface area contributed by atoms with Gasteiger partial charge in [-0.05, 0) is 50.0 Å². The minimum Gasteiger partial charge on any atom is -0.497 e. The van der Waals surface area contributed by atoms with E-state index in [0.29, 0.717) is 0 Å². The van der Waals surface area contributed by atoms with Crippen molar-refractivity contribution in [2.75, 3.05) is 33.8 Å². The molecule has 2 saturated heterocycles. The molecule has 0 bridgehead atoms. The van der Waals surface area contributed by atoms with Gasteiger partial charge in [0.05, 0.1) is 19.1 Å². The largest absolute Gasteiger partial charge is 0.497 e. The van der Waals surface area contributed by atoms with Gasteiger partial charge in [0, 0.05) is 13.6 Å². The molecule has 1 aromatic rings. The molecule has 4 heteroatoms. The van der Waals surface area contributed by atoms with Crippen LogP contribution in [0.15, 0.2) is 24.3 Å². The van der Waals surface area contributed by atoms with E-state index in [1.165, 1.54) is 18.4 Å². The molecule has 3 rings (SSSR count). The van der Waals surface area contributed by atoms with Crippen LogP contribution in [-0.2, 0) is 4.79 Å². The van der Waals surface area contributed by atoms with Crippen LogP contribution >= 0.6 is 0 Å². The molecule has 2 heterocycles. The molecular weight excluding hydrogens is 264 g/mol. The molecule has 4 nitrogen and oxygen atoms in total. The summed E-state index contributed by atoms with van der Waals surface area (Å²) < 4.78 is 5.30. The molecule has 21 heavy (non-hydrogen) atoms. The fraction of sp³-hybridized carbons (Fsp3) is 0.588. The van der Waals surface area contributed by atoms with E-state index in [9.17, 15) is 4.79 Å². The summed E-state index contributed by atoms with van der Waals surface area (Å²) in [5.41, 5.74) is 1.18. The van der Waals surface area contributed by atoms with Crippen LogP contribution in [0.4, 0.5) is 0 Å². The van der Waals surface area contributed by atoms with E-state index >= 15 is 0 Å². The van der Waals surface area contributed by atoms with Crippen LogP contribution in [0.1, 0.15) is 30.9 Å². The number of amides is 1. The van der Waals surface area contributed by atoms with Gasteiger partial charge < -0.3 is 14.5 Å². The average Bonchev–Trinajstić information content (AvgIpc) is 3.11. The van der Waals surface area contributed by atoms with Crippen molar-refractivity contribution in [3.05, 3.63) is 29.8 Å². The van der Waals surface area contributed by atoms with E-state index in [4.69, 9.17) is 4.74 Å². The predicted octanol–water partition coefficient (Wildman–Crippen LogP) is 2.31. The minimum absolute atomic E-state index is 0.143. The highest BCUT2D eigenvalue weighted by Gasteiger charge is 2.38. The first-order valence-corrected chi connectivity index (χ1v) is 7.82. The van der Waals surface area contributed by atoms with Crippen LogP contribution < -0.4 is 4.74 Å². The molecule has 0 spiro atoms. The lowest BCUT2D eigenvalue weighted by Gasteiger charge is -2.20. The van der Waals surface area contributed by atoms with Gasteiger partial charge in [-0.25, -0.2) is 0 Å². The maximum Gasteiger partial charge on any atom is 0.227 e. The van der Waals surface area contributed by atoms with E-state index in [2.05, 4.69) is 11.0 Å². The lowest BCUT2D eigenvalue weighted by molar-refractivity contribution is -0.131. The van der Waals surface area contributed by atoms with Crippen molar-refractivity contribution in [1.82, 2.24) is 9.80 Å². The zero-order valence-corrected chi connectivity index (χ0v) is 12.9. The van der Waals surface area contributed by atoms with Crippen LogP contribution in [0.2, 0.25) is 0 Å². The standard InChI is InChI=1S/C17H24N2O2/c1-18-16(13-6-5-7-15(10-13)21-2)11-14(17(18)20)12-19-8-3-4-9-19/h5-7,10,14,16H,3-4,8-9,11-12H2,1-2H3/t14-,16+/m1/s1. The average molecular weight is 288 g/mol. The van der Waals surface area contributed by atoms with Gasteiger partial charge in [0.25, 0.3) is 0 Å². The van der Waals surface area contributed by atoms with E-state index in [1.807, 2.05) is 30.1 Å². The number of hydrogen-bond acceptors (Lipinski definition) is 3. The highest BCUT2D eigenvalue weighted by Crippen LogP contribution is 2.36. The molecule has 1 aromatic carbocycles. The number of carbonyl (C=O) groups is 1. The van der Waals surface area contributed by atoms with Gasteiger partial charge in [-0.15, -0.1) is 0 Å². The summed E-state index contributed by atoms with van der Waals surface area (Å²) in [6.45, 7) is 3.22. The molecule has 0 aromatic heterocycles. The Hall–Kier alpha value is -1.55. The Morgan fingerprint density at radius 1 is 1.29 bits per heavy atom. The second-order valence-corrected chi connectivity index (χ2v) is 6.18. The molecular formula is C17H24N2O2. The van der Waals surface area contributed by atoms with Crippen molar-refractivity contribution in [2.24, 2.45) is 5.92 Å². The Balaban J connectivity index is 1.73. The number of nitrogens with zero attached hydrogens (tertiary/aromatic N) is 2. The third-order valence-corrected chi connectivity index (χ3v) is 4.83. The Labute approximate surface area is 126 Å². The second-order valence-electron chi connectivity index (χ2n) is 6.18. The molecule has 0 N–H and O–H groups in total. The van der Waals surface area contributed by atoms with Crippen LogP contribution in [-0.4, -0.2) is 49.5 Å². The quantitative estimate of drug-likeness (QED) is 0.852. The van der Waals surface area contributed by atoms with Crippen molar-refractivity contribution in [1.29, 1.82) is 0 Å². The van der Waals surface area contributed by atoms with E-state index in [0.717, 1.165) is 31.8 Å². The molecule has 2 aliphatic heterocycles. The fourth-order valence-electron chi connectivity index (χ4n) is 3.61. The van der Waals surface area contributed by atoms with Crippen molar-refractivity contribution >= 4 is 5.91 Å². The number of ether oxygens (including phenoxy) is 1. The van der Waals surface area contributed by atoms with Crippen LogP contribution in [0.3, 0.4) is 0 Å². The third kappa shape index (κ3) is 2.91. The van der Waals surface area contributed by atoms with Gasteiger partial charge in [0.1, 0.15) is 5.75 Å². The first-order chi connectivity index (χ1) is 10.2. The summed E-state index contributed by atoms with van der Waals surface area (Å²) in [7, 11) is 3.61. The predicted molar refractivity (Wildman–Crippen MR) is 82.3 cm³/mol. The third-order valence-electron chi connectivity index (χ3n) is 4.83. The van der Waals surface area contributed by atoms with Gasteiger partial charge in [-0.3, -0.25) is 4.79 Å². The Morgan fingerprint density at radius 3 is 2.76 bits per heavy atom. The second kappa shape index (κ2) is 6.06. The van der Waals surface area contributed by atoms with Crippen molar-refractivity contribution < 1.29 is 9.53 Å². The SMILES string of the molecule is COc1cccc([C@@H]2C[C@H](CN3CCCC3)C(=O)N2C)c1. The Kier molecular flexibility index (Phi) is 4.15. The molecule has 2 atom stereocenters. The van der Waals surface area contributed by atoms with Gasteiger partial charge in [0.15, 0.2) is 0 Å². The normalized spacial score (nSPS) is 26.6. The molecule has 0 saturated carbocycles. The fourth-order valence-corrected chi connectivity index (χ4v) is 3.61. The first-order valence-electron chi connectivity index (χ1n) is 7.82. The van der Waals surface area contributed by atoms with E-state index in [1.54, 1.807) is 7.11 Å². The van der Waals surface area contributed by atoms with E-state index in [-0.39, 0.29) is 17.9 Å². The molecule has 0 unspecified atom stereocenters. The minimum atomic E-state index is 0.143. The summed E-state index contributed by atoms with van der Waals surface area (Å²) in [5.74, 6) is 1.29. The zero-order valence-electron chi connectivity index (χ0n) is 12.9. The molecule has 0 aliphatic carbocycles. The number of carbonyl (C=O) groups excluding carboxylic acids is 1. The van der Waals surface area contributed by atoms with Crippen LogP contribution in [0.25, 0.3) is 0 Å². The summed E-state index contributed by atoms with van der Waals surface area (Å²) in [6, 6.07) is 8.27. The van der Waals surface area contributed by atoms with Crippen molar-refractivity contribution in [3.63, 3.8) is 0 Å². The maximum atomic E-state index is 12.5. The lowest BCUT2D eigenvalue weighted by Crippen LogP contribution is -2.32. The zero-order chi connectivity index (χ0) is 14.8. The number of benzene rings is 1. The van der Waals surface area contributed by atoms with Gasteiger partial charge >= 0.3 is 0 Å². The van der Waals surface area contributed by atoms with Crippen LogP contribution in [0, 0.1) is 5.92 Å². The van der Waals surface area contributed by atoms with Gasteiger partial charge in [-0.1, -0.05) is 12.1 Å². The highest BCUT2D eigenvalue weighted by atomic mass is 16.5. The number of methoxy groups -OCH3 is 1. The summed E-state index contributed by atoms with van der Waals surface area (Å²) in [5, 5.41) is 0. The lowest BCUT2D eigenvalue weighted by atomic mass is 9.99. The molecule has 1 amide bonds. The van der Waals surface area contributed by atoms with Crippen molar-refractivity contribution in [2.45, 2.75) is 25.3 Å². The summed E-state index contributed by atoms with van der Waals surface area (Å²) >= 11 is 0. The maximum absolute atomic E-state index is 12.5. The monoisotopic (exact) mass is 288 g/mol. The summed E-state index contributed by atoms with van der Waals surface area (Å²) in [6.07, 6.45) is 3.46. The Morgan fingerprint density at radius 2 is 2.05 bits per heavy atom. The first kappa shape index (κ1) is 14.4. The number of rotatable bonds is 4. The number of hydrogen-bond donors (Lipinski definition) is 0. The van der Waals surface area contributed by atoms with Crippen molar-refractivity contribution in [3.8, 4) is 5.75 Å².